The molecule has 0 aliphatic carbocycles. The fraction of sp³-hybridized carbons (Fsp3) is 0.208. The Bertz CT molecular complexity index is 1320. The molecule has 0 bridgehead atoms. The van der Waals surface area contributed by atoms with Crippen molar-refractivity contribution in [2.24, 2.45) is 7.05 Å². The summed E-state index contributed by atoms with van der Waals surface area (Å²) in [6.45, 7) is 0.323. The molecule has 8 heteroatoms. The van der Waals surface area contributed by atoms with Gasteiger partial charge in [-0.2, -0.15) is 5.26 Å². The number of benzene rings is 2. The molecule has 3 amide bonds. The number of nitrogens with one attached hydrogen (secondary N) is 1. The highest BCUT2D eigenvalue weighted by Crippen LogP contribution is 2.32. The Hall–Kier alpha value is -4.25. The number of nitriles is 1. The second-order valence-corrected chi connectivity index (χ2v) is 8.02. The van der Waals surface area contributed by atoms with Crippen LogP contribution in [0.5, 0.6) is 0 Å². The van der Waals surface area contributed by atoms with Crippen LogP contribution in [0.3, 0.4) is 0 Å². The van der Waals surface area contributed by atoms with E-state index >= 15 is 0 Å². The molecule has 0 spiro atoms. The first-order valence-corrected chi connectivity index (χ1v) is 10.3. The molecule has 0 saturated carbocycles. The molecule has 3 aromatic rings. The van der Waals surface area contributed by atoms with Crippen molar-refractivity contribution in [2.45, 2.75) is 25.4 Å². The number of imide groups is 1. The minimum absolute atomic E-state index is 0.194. The van der Waals surface area contributed by atoms with E-state index < -0.39 is 11.9 Å². The molecule has 2 aromatic carbocycles. The van der Waals surface area contributed by atoms with Gasteiger partial charge < -0.3 is 9.47 Å². The predicted octanol–water partition coefficient (Wildman–Crippen LogP) is 2.39. The van der Waals surface area contributed by atoms with Crippen molar-refractivity contribution >= 4 is 17.7 Å². The number of piperidine rings is 1. The lowest BCUT2D eigenvalue weighted by atomic mass is 10.0. The van der Waals surface area contributed by atoms with Crippen molar-refractivity contribution in [1.82, 2.24) is 19.8 Å². The number of fused-ring (bicyclic) bond motifs is 1. The maximum Gasteiger partial charge on any atom is 0.255 e. The monoisotopic (exact) mass is 425 g/mol. The number of imidazole rings is 1. The number of nitrogens with zero attached hydrogens (tertiary/aromatic N) is 4. The number of amides is 3. The standard InChI is InChI=1S/C24H19N5O3/c1-28-13-19(26-22(28)15-4-2-14(11-25)3-5-15)16-6-7-18-17(10-16)12-29(24(18)32)20-8-9-21(30)27-23(20)31/h2-7,10,13,20H,8-9,12H2,1H3,(H,27,30,31). The van der Waals surface area contributed by atoms with Gasteiger partial charge in [-0.15, -0.1) is 0 Å². The van der Waals surface area contributed by atoms with Gasteiger partial charge in [0, 0.05) is 42.9 Å². The fourth-order valence-corrected chi connectivity index (χ4v) is 4.30. The number of hydrogen-bond donors (Lipinski definition) is 1. The maximum atomic E-state index is 12.9. The van der Waals surface area contributed by atoms with Crippen LogP contribution < -0.4 is 5.32 Å². The lowest BCUT2D eigenvalue weighted by molar-refractivity contribution is -0.136. The van der Waals surface area contributed by atoms with E-state index in [1.165, 1.54) is 4.90 Å². The van der Waals surface area contributed by atoms with E-state index in [9.17, 15) is 14.4 Å². The second kappa shape index (κ2) is 7.46. The van der Waals surface area contributed by atoms with Crippen LogP contribution in [0.2, 0.25) is 0 Å². The van der Waals surface area contributed by atoms with Crippen molar-refractivity contribution in [2.75, 3.05) is 0 Å². The average Bonchev–Trinajstić information content (AvgIpc) is 3.33. The summed E-state index contributed by atoms with van der Waals surface area (Å²) >= 11 is 0. The Morgan fingerprint density at radius 3 is 2.56 bits per heavy atom. The summed E-state index contributed by atoms with van der Waals surface area (Å²) in [4.78, 5) is 42.9. The number of aromatic nitrogens is 2. The first kappa shape index (κ1) is 19.7. The van der Waals surface area contributed by atoms with Crippen LogP contribution in [0.4, 0.5) is 0 Å². The normalized spacial score (nSPS) is 17.8. The van der Waals surface area contributed by atoms with E-state index in [-0.39, 0.29) is 18.2 Å². The molecule has 1 saturated heterocycles. The highest BCUT2D eigenvalue weighted by atomic mass is 16.2. The van der Waals surface area contributed by atoms with E-state index in [4.69, 9.17) is 10.2 Å². The predicted molar refractivity (Wildman–Crippen MR) is 115 cm³/mol. The minimum Gasteiger partial charge on any atom is -0.333 e. The van der Waals surface area contributed by atoms with Crippen LogP contribution in [-0.2, 0) is 23.2 Å². The molecule has 32 heavy (non-hydrogen) atoms. The molecule has 3 heterocycles. The molecule has 1 unspecified atom stereocenters. The van der Waals surface area contributed by atoms with Gasteiger partial charge in [-0.3, -0.25) is 19.7 Å². The number of aryl methyl sites for hydroxylation is 1. The smallest absolute Gasteiger partial charge is 0.255 e. The molecule has 1 atom stereocenters. The third-order valence-corrected chi connectivity index (χ3v) is 5.97. The van der Waals surface area contributed by atoms with Crippen LogP contribution in [0, 0.1) is 11.3 Å². The summed E-state index contributed by atoms with van der Waals surface area (Å²) in [5.74, 6) is -0.142. The minimum atomic E-state index is -0.631. The summed E-state index contributed by atoms with van der Waals surface area (Å²) in [6, 6.07) is 14.3. The fourth-order valence-electron chi connectivity index (χ4n) is 4.30. The number of carbonyl (C=O) groups is 3. The Balaban J connectivity index is 1.43. The zero-order valence-corrected chi connectivity index (χ0v) is 17.3. The highest BCUT2D eigenvalue weighted by Gasteiger charge is 2.39. The number of hydrogen-bond acceptors (Lipinski definition) is 5. The van der Waals surface area contributed by atoms with Crippen molar-refractivity contribution in [3.05, 3.63) is 65.4 Å². The van der Waals surface area contributed by atoms with Crippen LogP contribution in [0.1, 0.15) is 34.3 Å². The van der Waals surface area contributed by atoms with E-state index in [1.54, 1.807) is 18.2 Å². The molecule has 8 nitrogen and oxygen atoms in total. The molecule has 0 radical (unpaired) electrons. The average molecular weight is 425 g/mol. The molecule has 2 aliphatic rings. The number of carbonyl (C=O) groups excluding carboxylic acids is 3. The first-order valence-electron chi connectivity index (χ1n) is 10.3. The van der Waals surface area contributed by atoms with E-state index in [2.05, 4.69) is 11.4 Å². The lowest BCUT2D eigenvalue weighted by Crippen LogP contribution is -2.52. The van der Waals surface area contributed by atoms with Gasteiger partial charge in [0.05, 0.1) is 17.3 Å². The Labute approximate surface area is 184 Å². The van der Waals surface area contributed by atoms with Crippen LogP contribution >= 0.6 is 0 Å². The third kappa shape index (κ3) is 3.24. The summed E-state index contributed by atoms with van der Waals surface area (Å²) in [7, 11) is 1.91. The molecule has 1 N–H and O–H groups in total. The van der Waals surface area contributed by atoms with Gasteiger partial charge in [0.25, 0.3) is 5.91 Å². The molecule has 2 aliphatic heterocycles. The molecular formula is C24H19N5O3. The molecule has 1 aromatic heterocycles. The SMILES string of the molecule is Cn1cc(-c2ccc3c(c2)CN(C2CCC(=O)NC2=O)C3=O)nc1-c1ccc(C#N)cc1. The van der Waals surface area contributed by atoms with Crippen molar-refractivity contribution in [3.63, 3.8) is 0 Å². The maximum absolute atomic E-state index is 12.9. The Kier molecular flexibility index (Phi) is 4.59. The van der Waals surface area contributed by atoms with Crippen LogP contribution in [0.25, 0.3) is 22.6 Å². The Morgan fingerprint density at radius 2 is 1.84 bits per heavy atom. The Morgan fingerprint density at radius 1 is 1.09 bits per heavy atom. The van der Waals surface area contributed by atoms with Crippen LogP contribution in [-0.4, -0.2) is 38.2 Å². The van der Waals surface area contributed by atoms with E-state index in [0.29, 0.717) is 24.1 Å². The topological polar surface area (TPSA) is 108 Å². The zero-order chi connectivity index (χ0) is 22.4. The van der Waals surface area contributed by atoms with Gasteiger partial charge in [0.15, 0.2) is 0 Å². The largest absolute Gasteiger partial charge is 0.333 e. The summed E-state index contributed by atoms with van der Waals surface area (Å²) in [5, 5.41) is 11.3. The third-order valence-electron chi connectivity index (χ3n) is 5.97. The first-order chi connectivity index (χ1) is 15.4. The zero-order valence-electron chi connectivity index (χ0n) is 17.3. The van der Waals surface area contributed by atoms with Crippen LogP contribution in [0.15, 0.2) is 48.7 Å². The van der Waals surface area contributed by atoms with Gasteiger partial charge in [-0.05, 0) is 48.4 Å². The van der Waals surface area contributed by atoms with Crippen molar-refractivity contribution < 1.29 is 14.4 Å². The molecular weight excluding hydrogens is 406 g/mol. The van der Waals surface area contributed by atoms with E-state index in [1.807, 2.05) is 42.1 Å². The molecule has 1 fully saturated rings. The molecule has 158 valence electrons. The van der Waals surface area contributed by atoms with E-state index in [0.717, 1.165) is 28.2 Å². The summed E-state index contributed by atoms with van der Waals surface area (Å²) in [5.41, 5.74) is 4.54. The van der Waals surface area contributed by atoms with Gasteiger partial charge in [0.2, 0.25) is 11.8 Å². The van der Waals surface area contributed by atoms with Crippen molar-refractivity contribution in [3.8, 4) is 28.7 Å². The van der Waals surface area contributed by atoms with Gasteiger partial charge >= 0.3 is 0 Å². The van der Waals surface area contributed by atoms with Gasteiger partial charge in [-0.1, -0.05) is 6.07 Å². The number of rotatable bonds is 3. The summed E-state index contributed by atoms with van der Waals surface area (Å²) < 4.78 is 1.92. The quantitative estimate of drug-likeness (QED) is 0.648. The highest BCUT2D eigenvalue weighted by molar-refractivity contribution is 6.05. The van der Waals surface area contributed by atoms with Crippen molar-refractivity contribution in [1.29, 1.82) is 5.26 Å². The lowest BCUT2D eigenvalue weighted by Gasteiger charge is -2.29. The second-order valence-electron chi connectivity index (χ2n) is 8.02. The van der Waals surface area contributed by atoms with Gasteiger partial charge in [-0.25, -0.2) is 4.98 Å². The van der Waals surface area contributed by atoms with Gasteiger partial charge in [0.1, 0.15) is 11.9 Å². The molecule has 5 rings (SSSR count). The summed E-state index contributed by atoms with van der Waals surface area (Å²) in [6.07, 6.45) is 2.49.